The van der Waals surface area contributed by atoms with Crippen molar-refractivity contribution >= 4 is 22.8 Å². The predicted molar refractivity (Wildman–Crippen MR) is 97.8 cm³/mol. The second kappa shape index (κ2) is 6.55. The van der Waals surface area contributed by atoms with E-state index in [-0.39, 0.29) is 11.9 Å². The minimum atomic E-state index is -0.0398. The van der Waals surface area contributed by atoms with E-state index >= 15 is 0 Å². The van der Waals surface area contributed by atoms with E-state index in [2.05, 4.69) is 25.2 Å². The summed E-state index contributed by atoms with van der Waals surface area (Å²) in [5.74, 6) is 1.78. The quantitative estimate of drug-likeness (QED) is 0.772. The van der Waals surface area contributed by atoms with Crippen molar-refractivity contribution in [1.29, 1.82) is 0 Å². The molecule has 1 atom stereocenters. The first-order valence-electron chi connectivity index (χ1n) is 8.62. The molecule has 1 aliphatic heterocycles. The average Bonchev–Trinajstić information content (AvgIpc) is 3.02. The largest absolute Gasteiger partial charge is 0.355 e. The Morgan fingerprint density at radius 3 is 3.08 bits per heavy atom. The summed E-state index contributed by atoms with van der Waals surface area (Å²) < 4.78 is 0. The summed E-state index contributed by atoms with van der Waals surface area (Å²) in [6, 6.07) is 11.6. The fourth-order valence-electron chi connectivity index (χ4n) is 3.39. The smallest absolute Gasteiger partial charge is 0.251 e. The molecule has 1 amide bonds. The van der Waals surface area contributed by atoms with Gasteiger partial charge < -0.3 is 15.2 Å². The zero-order valence-electron chi connectivity index (χ0n) is 14.2. The van der Waals surface area contributed by atoms with Crippen LogP contribution in [0, 0.1) is 6.92 Å². The zero-order chi connectivity index (χ0) is 17.2. The molecule has 0 radical (unpaired) electrons. The Labute approximate surface area is 146 Å². The van der Waals surface area contributed by atoms with Crippen LogP contribution in [0.4, 0.5) is 5.82 Å². The zero-order valence-corrected chi connectivity index (χ0v) is 14.2. The number of carbonyl (C=O) groups excluding carboxylic acids is 1. The summed E-state index contributed by atoms with van der Waals surface area (Å²) in [7, 11) is 0. The van der Waals surface area contributed by atoms with Gasteiger partial charge in [0.2, 0.25) is 0 Å². The molecule has 128 valence electrons. The van der Waals surface area contributed by atoms with Crippen LogP contribution < -0.4 is 10.2 Å². The molecular weight excluding hydrogens is 314 g/mol. The van der Waals surface area contributed by atoms with Gasteiger partial charge in [0.1, 0.15) is 11.6 Å². The molecule has 1 aliphatic rings. The highest BCUT2D eigenvalue weighted by Crippen LogP contribution is 2.18. The molecule has 0 spiro atoms. The summed E-state index contributed by atoms with van der Waals surface area (Å²) in [5.41, 5.74) is 2.43. The van der Waals surface area contributed by atoms with Crippen LogP contribution in [0.3, 0.4) is 0 Å². The van der Waals surface area contributed by atoms with Gasteiger partial charge in [0.25, 0.3) is 5.91 Å². The highest BCUT2D eigenvalue weighted by atomic mass is 16.1. The van der Waals surface area contributed by atoms with Crippen molar-refractivity contribution in [3.05, 3.63) is 54.0 Å². The number of imidazole rings is 1. The van der Waals surface area contributed by atoms with E-state index in [0.717, 1.165) is 48.6 Å². The predicted octanol–water partition coefficient (Wildman–Crippen LogP) is 2.67. The van der Waals surface area contributed by atoms with Crippen LogP contribution in [0.1, 0.15) is 29.0 Å². The van der Waals surface area contributed by atoms with Crippen molar-refractivity contribution in [2.45, 2.75) is 25.8 Å². The van der Waals surface area contributed by atoms with E-state index < -0.39 is 0 Å². The lowest BCUT2D eigenvalue weighted by molar-refractivity contribution is 0.0933. The highest BCUT2D eigenvalue weighted by molar-refractivity contribution is 5.97. The highest BCUT2D eigenvalue weighted by Gasteiger charge is 2.22. The van der Waals surface area contributed by atoms with Crippen LogP contribution in [-0.4, -0.2) is 40.0 Å². The van der Waals surface area contributed by atoms with E-state index in [4.69, 9.17) is 0 Å². The summed E-state index contributed by atoms with van der Waals surface area (Å²) in [6.45, 7) is 3.67. The number of H-pyrrole nitrogens is 1. The van der Waals surface area contributed by atoms with Gasteiger partial charge in [-0.1, -0.05) is 6.07 Å². The van der Waals surface area contributed by atoms with Crippen molar-refractivity contribution in [1.82, 2.24) is 20.3 Å². The van der Waals surface area contributed by atoms with Crippen molar-refractivity contribution in [3.8, 4) is 0 Å². The molecule has 6 nitrogen and oxygen atoms in total. The van der Waals surface area contributed by atoms with Gasteiger partial charge in [0.15, 0.2) is 0 Å². The second-order valence-corrected chi connectivity index (χ2v) is 6.50. The lowest BCUT2D eigenvalue weighted by atomic mass is 10.0. The maximum atomic E-state index is 12.6. The monoisotopic (exact) mass is 335 g/mol. The number of fused-ring (bicyclic) bond motifs is 1. The van der Waals surface area contributed by atoms with E-state index in [1.54, 1.807) is 6.20 Å². The molecule has 2 aromatic heterocycles. The van der Waals surface area contributed by atoms with Gasteiger partial charge in [0.05, 0.1) is 11.0 Å². The van der Waals surface area contributed by atoms with Gasteiger partial charge in [0, 0.05) is 30.9 Å². The van der Waals surface area contributed by atoms with Gasteiger partial charge >= 0.3 is 0 Å². The first-order valence-corrected chi connectivity index (χ1v) is 8.62. The molecule has 6 heteroatoms. The number of benzene rings is 1. The van der Waals surface area contributed by atoms with E-state index in [1.165, 1.54) is 0 Å². The molecule has 4 rings (SSSR count). The molecule has 1 saturated heterocycles. The molecule has 0 aliphatic carbocycles. The third-order valence-corrected chi connectivity index (χ3v) is 4.59. The summed E-state index contributed by atoms with van der Waals surface area (Å²) in [4.78, 5) is 26.8. The minimum Gasteiger partial charge on any atom is -0.355 e. The standard InChI is InChI=1S/C19H21N5O/c1-13-21-16-8-7-14(11-17(16)22-13)19(25)23-15-5-4-10-24(12-15)18-6-2-3-9-20-18/h2-3,6-9,11,15H,4-5,10,12H2,1H3,(H,21,22)(H,23,25). The molecule has 1 aromatic carbocycles. The van der Waals surface area contributed by atoms with Crippen LogP contribution in [0.15, 0.2) is 42.6 Å². The van der Waals surface area contributed by atoms with Crippen LogP contribution in [0.2, 0.25) is 0 Å². The van der Waals surface area contributed by atoms with Gasteiger partial charge in [-0.15, -0.1) is 0 Å². The number of carbonyl (C=O) groups is 1. The number of hydrogen-bond donors (Lipinski definition) is 2. The molecule has 1 unspecified atom stereocenters. The molecule has 25 heavy (non-hydrogen) atoms. The lowest BCUT2D eigenvalue weighted by Crippen LogP contribution is -2.48. The normalized spacial score (nSPS) is 17.6. The Bertz CT molecular complexity index is 889. The molecular formula is C19H21N5O. The Kier molecular flexibility index (Phi) is 4.09. The fourth-order valence-corrected chi connectivity index (χ4v) is 3.39. The number of aromatic nitrogens is 3. The fraction of sp³-hybridized carbons (Fsp3) is 0.316. The van der Waals surface area contributed by atoms with Gasteiger partial charge in [-0.3, -0.25) is 4.79 Å². The van der Waals surface area contributed by atoms with Crippen LogP contribution in [0.5, 0.6) is 0 Å². The minimum absolute atomic E-state index is 0.0398. The second-order valence-electron chi connectivity index (χ2n) is 6.50. The number of aromatic amines is 1. The Morgan fingerprint density at radius 2 is 2.24 bits per heavy atom. The van der Waals surface area contributed by atoms with Crippen molar-refractivity contribution < 1.29 is 4.79 Å². The number of hydrogen-bond acceptors (Lipinski definition) is 4. The number of piperidine rings is 1. The van der Waals surface area contributed by atoms with Gasteiger partial charge in [-0.05, 0) is 50.1 Å². The third kappa shape index (κ3) is 3.33. The molecule has 0 saturated carbocycles. The number of rotatable bonds is 3. The summed E-state index contributed by atoms with van der Waals surface area (Å²) in [6.07, 6.45) is 3.83. The van der Waals surface area contributed by atoms with Crippen LogP contribution in [-0.2, 0) is 0 Å². The Hall–Kier alpha value is -2.89. The number of nitrogens with one attached hydrogen (secondary N) is 2. The van der Waals surface area contributed by atoms with Crippen LogP contribution >= 0.6 is 0 Å². The molecule has 1 fully saturated rings. The molecule has 3 aromatic rings. The first-order chi connectivity index (χ1) is 12.2. The van der Waals surface area contributed by atoms with Crippen molar-refractivity contribution in [2.75, 3.05) is 18.0 Å². The maximum Gasteiger partial charge on any atom is 0.251 e. The van der Waals surface area contributed by atoms with E-state index in [0.29, 0.717) is 5.56 Å². The van der Waals surface area contributed by atoms with Gasteiger partial charge in [-0.25, -0.2) is 9.97 Å². The lowest BCUT2D eigenvalue weighted by Gasteiger charge is -2.34. The summed E-state index contributed by atoms with van der Waals surface area (Å²) in [5, 5.41) is 3.16. The number of aryl methyl sites for hydroxylation is 1. The van der Waals surface area contributed by atoms with Crippen molar-refractivity contribution in [3.63, 3.8) is 0 Å². The van der Waals surface area contributed by atoms with Crippen molar-refractivity contribution in [2.24, 2.45) is 0 Å². The summed E-state index contributed by atoms with van der Waals surface area (Å²) >= 11 is 0. The number of amides is 1. The number of anilines is 1. The Morgan fingerprint density at radius 1 is 1.32 bits per heavy atom. The molecule has 3 heterocycles. The van der Waals surface area contributed by atoms with Crippen LogP contribution in [0.25, 0.3) is 11.0 Å². The number of nitrogens with zero attached hydrogens (tertiary/aromatic N) is 3. The molecule has 0 bridgehead atoms. The number of pyridine rings is 1. The SMILES string of the molecule is Cc1nc2ccc(C(=O)NC3CCCN(c4ccccn4)C3)cc2[nH]1. The third-order valence-electron chi connectivity index (χ3n) is 4.59. The Balaban J connectivity index is 1.46. The maximum absolute atomic E-state index is 12.6. The van der Waals surface area contributed by atoms with Gasteiger partial charge in [-0.2, -0.15) is 0 Å². The van der Waals surface area contributed by atoms with E-state index in [1.807, 2.05) is 43.3 Å². The molecule has 2 N–H and O–H groups in total. The average molecular weight is 335 g/mol. The van der Waals surface area contributed by atoms with E-state index in [9.17, 15) is 4.79 Å². The topological polar surface area (TPSA) is 73.9 Å². The first kappa shape index (κ1) is 15.6.